The van der Waals surface area contributed by atoms with Gasteiger partial charge in [-0.15, -0.1) is 5.54 Å². The van der Waals surface area contributed by atoms with E-state index in [1.807, 2.05) is 72.8 Å². The molecule has 3 aromatic carbocycles. The Balaban J connectivity index is 1.47. The van der Waals surface area contributed by atoms with Crippen LogP contribution in [0.4, 0.5) is 0 Å². The minimum absolute atomic E-state index is 0.453. The van der Waals surface area contributed by atoms with Gasteiger partial charge >= 0.3 is 5.63 Å². The summed E-state index contributed by atoms with van der Waals surface area (Å²) in [6.45, 7) is 6.71. The van der Waals surface area contributed by atoms with Crippen molar-refractivity contribution in [1.82, 2.24) is 5.27 Å². The molecule has 0 saturated heterocycles. The van der Waals surface area contributed by atoms with Crippen LogP contribution in [0.2, 0.25) is 19.6 Å². The Kier molecular flexibility index (Phi) is 6.65. The van der Waals surface area contributed by atoms with Crippen molar-refractivity contribution in [2.24, 2.45) is 0 Å². The standard InChI is InChI=1S/C29H22N2O2Si/c1-34(2,3)21-20-26-16-14-24(15-17-26)9-8-23-10-12-25(13-11-23)18-19-27-6-4-5-7-28(27)31-22-29(32)33-30-31/h4-7,10-17,22H,1-3H3/p+1. The molecule has 4 aromatic rings. The van der Waals surface area contributed by atoms with Crippen molar-refractivity contribution in [3.8, 4) is 40.8 Å². The molecule has 0 aliphatic heterocycles. The lowest BCUT2D eigenvalue weighted by Crippen LogP contribution is -2.33. The van der Waals surface area contributed by atoms with Crippen molar-refractivity contribution in [3.05, 3.63) is 117 Å². The predicted octanol–water partition coefficient (Wildman–Crippen LogP) is 4.27. The molecule has 0 aliphatic rings. The largest absolute Gasteiger partial charge is 0.427 e. The maximum absolute atomic E-state index is 11.3. The molecule has 4 rings (SSSR count). The SMILES string of the molecule is C[Si](C)(C)C#Cc1ccc(C#Cc2ccc(C#Cc3ccccc3-[n+]3cc(=O)o[nH]3)cc2)cc1. The number of hydrogen-bond acceptors (Lipinski definition) is 2. The molecule has 5 heteroatoms. The molecule has 1 aromatic heterocycles. The van der Waals surface area contributed by atoms with Crippen LogP contribution in [0.1, 0.15) is 27.8 Å². The average Bonchev–Trinajstić information content (AvgIpc) is 3.27. The fourth-order valence-corrected chi connectivity index (χ4v) is 3.50. The lowest BCUT2D eigenvalue weighted by Gasteiger charge is -2.03. The van der Waals surface area contributed by atoms with E-state index < -0.39 is 13.7 Å². The number of rotatable bonds is 1. The zero-order chi connectivity index (χ0) is 24.0. The number of aromatic nitrogens is 2. The smallest absolute Gasteiger partial charge is 0.283 e. The van der Waals surface area contributed by atoms with E-state index in [1.165, 1.54) is 10.9 Å². The van der Waals surface area contributed by atoms with Gasteiger partial charge in [-0.1, -0.05) is 61.4 Å². The Labute approximate surface area is 200 Å². The van der Waals surface area contributed by atoms with Gasteiger partial charge < -0.3 is 0 Å². The molecular formula is C29H23N2O2Si+. The highest BCUT2D eigenvalue weighted by molar-refractivity contribution is 6.83. The first-order chi connectivity index (χ1) is 16.4. The highest BCUT2D eigenvalue weighted by Crippen LogP contribution is 2.08. The first-order valence-corrected chi connectivity index (χ1v) is 14.3. The minimum Gasteiger partial charge on any atom is -0.283 e. The van der Waals surface area contributed by atoms with E-state index in [-0.39, 0.29) is 0 Å². The summed E-state index contributed by atoms with van der Waals surface area (Å²) in [6.07, 6.45) is 1.34. The summed E-state index contributed by atoms with van der Waals surface area (Å²) in [4.78, 5) is 11.3. The Morgan fingerprint density at radius 2 is 1.21 bits per heavy atom. The number of hydrogen-bond donors (Lipinski definition) is 1. The normalized spacial score (nSPS) is 10.2. The van der Waals surface area contributed by atoms with Crippen LogP contribution in [-0.4, -0.2) is 13.3 Å². The molecule has 0 aliphatic carbocycles. The van der Waals surface area contributed by atoms with Crippen LogP contribution < -0.4 is 10.3 Å². The van der Waals surface area contributed by atoms with Gasteiger partial charge in [0.25, 0.3) is 11.9 Å². The monoisotopic (exact) mass is 459 g/mol. The van der Waals surface area contributed by atoms with Crippen molar-refractivity contribution < 1.29 is 9.20 Å². The van der Waals surface area contributed by atoms with Crippen molar-refractivity contribution in [1.29, 1.82) is 0 Å². The predicted molar refractivity (Wildman–Crippen MR) is 136 cm³/mol. The molecule has 1 N–H and O–H groups in total. The van der Waals surface area contributed by atoms with Gasteiger partial charge in [0.1, 0.15) is 8.07 Å². The molecule has 0 unspecified atom stereocenters. The third-order valence-corrected chi connectivity index (χ3v) is 5.56. The number of nitrogens with zero attached hydrogens (tertiary/aromatic N) is 1. The maximum Gasteiger partial charge on any atom is 0.427 e. The molecule has 0 fully saturated rings. The van der Waals surface area contributed by atoms with Gasteiger partial charge in [-0.25, -0.2) is 4.79 Å². The molecule has 164 valence electrons. The lowest BCUT2D eigenvalue weighted by molar-refractivity contribution is -0.670. The molecule has 1 heterocycles. The summed E-state index contributed by atoms with van der Waals surface area (Å²) in [5.41, 5.74) is 8.19. The van der Waals surface area contributed by atoms with E-state index in [1.54, 1.807) is 0 Å². The molecular weight excluding hydrogens is 436 g/mol. The van der Waals surface area contributed by atoms with Crippen LogP contribution in [0.25, 0.3) is 5.69 Å². The van der Waals surface area contributed by atoms with E-state index in [9.17, 15) is 4.79 Å². The maximum atomic E-state index is 11.3. The van der Waals surface area contributed by atoms with E-state index in [2.05, 4.69) is 60.1 Å². The third-order valence-electron chi connectivity index (χ3n) is 4.69. The molecule has 0 amide bonds. The number of aromatic amines is 1. The third kappa shape index (κ3) is 6.27. The molecule has 0 atom stereocenters. The summed E-state index contributed by atoms with van der Waals surface area (Å²) in [7, 11) is -1.38. The number of nitrogens with one attached hydrogen (secondary N) is 1. The topological polar surface area (TPSA) is 49.9 Å². The fourth-order valence-electron chi connectivity index (χ4n) is 2.98. The zero-order valence-electron chi connectivity index (χ0n) is 19.3. The zero-order valence-corrected chi connectivity index (χ0v) is 20.3. The molecule has 0 bridgehead atoms. The molecule has 0 saturated carbocycles. The number of H-pyrrole nitrogens is 1. The highest BCUT2D eigenvalue weighted by atomic mass is 28.3. The highest BCUT2D eigenvalue weighted by Gasteiger charge is 2.14. The van der Waals surface area contributed by atoms with E-state index >= 15 is 0 Å². The summed E-state index contributed by atoms with van der Waals surface area (Å²) in [5, 5.41) is 2.55. The van der Waals surface area contributed by atoms with E-state index in [4.69, 9.17) is 4.52 Å². The van der Waals surface area contributed by atoms with E-state index in [0.717, 1.165) is 33.5 Å². The van der Waals surface area contributed by atoms with Crippen LogP contribution in [-0.2, 0) is 0 Å². The second-order valence-corrected chi connectivity index (χ2v) is 13.4. The van der Waals surface area contributed by atoms with Crippen LogP contribution in [0.15, 0.2) is 88.3 Å². The van der Waals surface area contributed by atoms with Crippen molar-refractivity contribution in [2.45, 2.75) is 19.6 Å². The molecule has 4 nitrogen and oxygen atoms in total. The number of para-hydroxylation sites is 1. The lowest BCUT2D eigenvalue weighted by atomic mass is 10.1. The second-order valence-electron chi connectivity index (χ2n) is 8.68. The van der Waals surface area contributed by atoms with Crippen molar-refractivity contribution >= 4 is 8.07 Å². The fraction of sp³-hybridized carbons (Fsp3) is 0.103. The quantitative estimate of drug-likeness (QED) is 0.263. The Morgan fingerprint density at radius 3 is 1.71 bits per heavy atom. The average molecular weight is 460 g/mol. The van der Waals surface area contributed by atoms with Crippen LogP contribution in [0.5, 0.6) is 0 Å². The van der Waals surface area contributed by atoms with Gasteiger partial charge in [0.2, 0.25) is 0 Å². The van der Waals surface area contributed by atoms with Gasteiger partial charge in [0.05, 0.1) is 5.56 Å². The van der Waals surface area contributed by atoms with Gasteiger partial charge in [0.15, 0.2) is 0 Å². The molecule has 0 radical (unpaired) electrons. The Morgan fingerprint density at radius 1 is 0.706 bits per heavy atom. The van der Waals surface area contributed by atoms with Gasteiger partial charge in [-0.3, -0.25) is 4.52 Å². The summed E-state index contributed by atoms with van der Waals surface area (Å²) >= 11 is 0. The molecule has 0 spiro atoms. The second kappa shape index (κ2) is 9.97. The van der Waals surface area contributed by atoms with Gasteiger partial charge in [-0.2, -0.15) is 0 Å². The van der Waals surface area contributed by atoms with Gasteiger partial charge in [0, 0.05) is 28.3 Å². The van der Waals surface area contributed by atoms with Crippen LogP contribution >= 0.6 is 0 Å². The molecule has 34 heavy (non-hydrogen) atoms. The first kappa shape index (κ1) is 22.7. The first-order valence-electron chi connectivity index (χ1n) is 10.8. The Bertz CT molecular complexity index is 1550. The van der Waals surface area contributed by atoms with Crippen LogP contribution in [0, 0.1) is 35.1 Å². The summed E-state index contributed by atoms with van der Waals surface area (Å²) in [6, 6.07) is 23.4. The summed E-state index contributed by atoms with van der Waals surface area (Å²) in [5.74, 6) is 16.0. The minimum atomic E-state index is -1.38. The van der Waals surface area contributed by atoms with Crippen LogP contribution in [0.3, 0.4) is 0 Å². The van der Waals surface area contributed by atoms with Crippen molar-refractivity contribution in [3.63, 3.8) is 0 Å². The van der Waals surface area contributed by atoms with Gasteiger partial charge in [-0.05, 0) is 64.6 Å². The Hall–Kier alpha value is -4.50. The van der Waals surface area contributed by atoms with Crippen molar-refractivity contribution in [2.75, 3.05) is 0 Å². The number of benzene rings is 3. The van der Waals surface area contributed by atoms with E-state index in [0.29, 0.717) is 0 Å². The summed E-state index contributed by atoms with van der Waals surface area (Å²) < 4.78 is 6.26.